The number of hydrogen-bond acceptors (Lipinski definition) is 7. The van der Waals surface area contributed by atoms with Gasteiger partial charge >= 0.3 is 0 Å². The van der Waals surface area contributed by atoms with Crippen LogP contribution in [0, 0.1) is 5.92 Å². The molecule has 0 aliphatic heterocycles. The first-order chi connectivity index (χ1) is 7.73. The Hall–Kier alpha value is -1.15. The smallest absolute Gasteiger partial charge is 0.268 e. The van der Waals surface area contributed by atoms with Crippen LogP contribution >= 0.6 is 0 Å². The fraction of sp³-hybridized carbons (Fsp3) is 0.700. The Morgan fingerprint density at radius 1 is 1.12 bits per heavy atom. The van der Waals surface area contributed by atoms with Crippen molar-refractivity contribution in [2.45, 2.75) is 32.1 Å². The van der Waals surface area contributed by atoms with Gasteiger partial charge in [0.05, 0.1) is 6.10 Å². The van der Waals surface area contributed by atoms with Gasteiger partial charge in [0.2, 0.25) is 11.6 Å². The van der Waals surface area contributed by atoms with Gasteiger partial charge in [0.25, 0.3) is 5.78 Å². The molecule has 0 amide bonds. The van der Waals surface area contributed by atoms with E-state index in [-0.39, 0.29) is 5.92 Å². The van der Waals surface area contributed by atoms with Crippen LogP contribution in [0.2, 0.25) is 0 Å². The van der Waals surface area contributed by atoms with Gasteiger partial charge in [0, 0.05) is 0 Å². The van der Waals surface area contributed by atoms with E-state index in [9.17, 15) is 24.6 Å². The van der Waals surface area contributed by atoms with Crippen LogP contribution < -0.4 is 5.73 Å². The molecule has 0 heterocycles. The van der Waals surface area contributed by atoms with Gasteiger partial charge in [-0.25, -0.2) is 0 Å². The second-order valence-corrected chi connectivity index (χ2v) is 4.03. The fourth-order valence-electron chi connectivity index (χ4n) is 1.12. The lowest BCUT2D eigenvalue weighted by Gasteiger charge is -2.24. The molecule has 0 aromatic rings. The van der Waals surface area contributed by atoms with Crippen LogP contribution in [0.15, 0.2) is 0 Å². The highest BCUT2D eigenvalue weighted by Gasteiger charge is 2.35. The third kappa shape index (κ3) is 3.97. The Kier molecular flexibility index (Phi) is 6.11. The summed E-state index contributed by atoms with van der Waals surface area (Å²) in [5, 5.41) is 27.4. The van der Waals surface area contributed by atoms with Crippen LogP contribution in [-0.2, 0) is 14.4 Å². The van der Waals surface area contributed by atoms with Crippen molar-refractivity contribution in [1.82, 2.24) is 0 Å². The topological polar surface area (TPSA) is 138 Å². The molecule has 0 fully saturated rings. The molecule has 0 spiro atoms. The minimum Gasteiger partial charge on any atom is -0.390 e. The lowest BCUT2D eigenvalue weighted by Crippen LogP contribution is -2.53. The highest BCUT2D eigenvalue weighted by atomic mass is 16.3. The summed E-state index contributed by atoms with van der Waals surface area (Å²) in [7, 11) is 0. The zero-order valence-electron chi connectivity index (χ0n) is 9.66. The third-order valence-electron chi connectivity index (χ3n) is 2.32. The van der Waals surface area contributed by atoms with Gasteiger partial charge in [0.1, 0.15) is 18.8 Å². The fourth-order valence-corrected chi connectivity index (χ4v) is 1.12. The molecule has 98 valence electrons. The van der Waals surface area contributed by atoms with E-state index in [0.717, 1.165) is 0 Å². The third-order valence-corrected chi connectivity index (χ3v) is 2.32. The molecule has 0 aromatic carbocycles. The SMILES string of the molecule is CC(C)C(O)C(O)[C@H](N)C(=O)C(=O)C(=O)CO. The molecule has 0 radical (unpaired) electrons. The predicted molar refractivity (Wildman–Crippen MR) is 56.9 cm³/mol. The molecule has 0 bridgehead atoms. The molecule has 7 nitrogen and oxygen atoms in total. The van der Waals surface area contributed by atoms with E-state index in [0.29, 0.717) is 0 Å². The van der Waals surface area contributed by atoms with E-state index in [2.05, 4.69) is 0 Å². The maximum atomic E-state index is 11.3. The van der Waals surface area contributed by atoms with Crippen molar-refractivity contribution in [3.63, 3.8) is 0 Å². The van der Waals surface area contributed by atoms with Crippen molar-refractivity contribution in [3.8, 4) is 0 Å². The number of rotatable bonds is 7. The van der Waals surface area contributed by atoms with E-state index in [1.165, 1.54) is 0 Å². The van der Waals surface area contributed by atoms with Crippen molar-refractivity contribution >= 4 is 17.3 Å². The van der Waals surface area contributed by atoms with Crippen LogP contribution in [0.25, 0.3) is 0 Å². The summed E-state index contributed by atoms with van der Waals surface area (Å²) in [4.78, 5) is 33.2. The van der Waals surface area contributed by atoms with E-state index in [1.54, 1.807) is 13.8 Å². The quantitative estimate of drug-likeness (QED) is 0.285. The Morgan fingerprint density at radius 3 is 1.94 bits per heavy atom. The standard InChI is InChI=1S/C10H17NO6/c1-4(2)7(14)9(16)6(11)10(17)8(15)5(13)3-12/h4,6-7,9,12,14,16H,3,11H2,1-2H3/t6-,7?,9?/m0/s1. The zero-order chi connectivity index (χ0) is 13.7. The van der Waals surface area contributed by atoms with Crippen molar-refractivity contribution in [2.75, 3.05) is 6.61 Å². The largest absolute Gasteiger partial charge is 0.390 e. The van der Waals surface area contributed by atoms with Crippen LogP contribution in [0.5, 0.6) is 0 Å². The second-order valence-electron chi connectivity index (χ2n) is 4.03. The van der Waals surface area contributed by atoms with Crippen LogP contribution in [0.3, 0.4) is 0 Å². The number of nitrogens with two attached hydrogens (primary N) is 1. The summed E-state index contributed by atoms with van der Waals surface area (Å²) in [6.07, 6.45) is -2.93. The Morgan fingerprint density at radius 2 is 1.59 bits per heavy atom. The Bertz CT molecular complexity index is 314. The molecule has 5 N–H and O–H groups in total. The van der Waals surface area contributed by atoms with E-state index in [1.807, 2.05) is 0 Å². The van der Waals surface area contributed by atoms with Gasteiger partial charge in [-0.1, -0.05) is 13.8 Å². The number of Topliss-reactive ketones (excluding diaryl/α,β-unsaturated/α-hetero) is 3. The summed E-state index contributed by atoms with van der Waals surface area (Å²) in [6.45, 7) is 2.08. The van der Waals surface area contributed by atoms with E-state index >= 15 is 0 Å². The Balaban J connectivity index is 4.71. The maximum absolute atomic E-state index is 11.3. The zero-order valence-corrected chi connectivity index (χ0v) is 9.66. The second kappa shape index (κ2) is 6.55. The van der Waals surface area contributed by atoms with Gasteiger partial charge < -0.3 is 21.1 Å². The highest BCUT2D eigenvalue weighted by molar-refractivity contribution is 6.65. The van der Waals surface area contributed by atoms with E-state index in [4.69, 9.17) is 10.8 Å². The summed E-state index contributed by atoms with van der Waals surface area (Å²) in [5.74, 6) is -4.46. The first kappa shape index (κ1) is 15.9. The lowest BCUT2D eigenvalue weighted by atomic mass is 9.93. The predicted octanol–water partition coefficient (Wildman–Crippen LogP) is -2.61. The number of hydrogen-bond donors (Lipinski definition) is 4. The molecule has 0 saturated carbocycles. The summed E-state index contributed by atoms with van der Waals surface area (Å²) in [6, 6.07) is -1.68. The molecule has 2 unspecified atom stereocenters. The molecule has 3 atom stereocenters. The molecule has 0 saturated heterocycles. The number of aliphatic hydroxyl groups excluding tert-OH is 3. The molecule has 0 aromatic heterocycles. The minimum atomic E-state index is -1.68. The number of carbonyl (C=O) groups excluding carboxylic acids is 3. The number of aliphatic hydroxyl groups is 3. The monoisotopic (exact) mass is 247 g/mol. The van der Waals surface area contributed by atoms with Crippen molar-refractivity contribution < 1.29 is 29.7 Å². The summed E-state index contributed by atoms with van der Waals surface area (Å²) in [5.41, 5.74) is 5.28. The molecular weight excluding hydrogens is 230 g/mol. The molecule has 0 aliphatic rings. The molecule has 0 rings (SSSR count). The van der Waals surface area contributed by atoms with Crippen LogP contribution in [0.1, 0.15) is 13.8 Å². The van der Waals surface area contributed by atoms with Crippen molar-refractivity contribution in [2.24, 2.45) is 11.7 Å². The molecule has 0 aliphatic carbocycles. The van der Waals surface area contributed by atoms with Gasteiger partial charge in [-0.3, -0.25) is 14.4 Å². The molecular formula is C10H17NO6. The van der Waals surface area contributed by atoms with Crippen LogP contribution in [-0.4, -0.2) is 57.5 Å². The average molecular weight is 247 g/mol. The molecule has 17 heavy (non-hydrogen) atoms. The number of ketones is 3. The highest BCUT2D eigenvalue weighted by Crippen LogP contribution is 2.09. The first-order valence-corrected chi connectivity index (χ1v) is 5.08. The van der Waals surface area contributed by atoms with Gasteiger partial charge in [0.15, 0.2) is 0 Å². The van der Waals surface area contributed by atoms with Crippen LogP contribution in [0.4, 0.5) is 0 Å². The Labute approximate surface area is 98.2 Å². The molecule has 7 heteroatoms. The van der Waals surface area contributed by atoms with E-state index < -0.39 is 42.2 Å². The maximum Gasteiger partial charge on any atom is 0.268 e. The minimum absolute atomic E-state index is 0.368. The summed E-state index contributed by atoms with van der Waals surface area (Å²) < 4.78 is 0. The summed E-state index contributed by atoms with van der Waals surface area (Å²) >= 11 is 0. The van der Waals surface area contributed by atoms with Gasteiger partial charge in [-0.05, 0) is 5.92 Å². The van der Waals surface area contributed by atoms with Gasteiger partial charge in [-0.2, -0.15) is 0 Å². The first-order valence-electron chi connectivity index (χ1n) is 5.08. The normalized spacial score (nSPS) is 16.4. The van der Waals surface area contributed by atoms with Crippen molar-refractivity contribution in [3.05, 3.63) is 0 Å². The average Bonchev–Trinajstić information content (AvgIpc) is 2.32. The number of carbonyl (C=O) groups is 3. The lowest BCUT2D eigenvalue weighted by molar-refractivity contribution is -0.147. The van der Waals surface area contributed by atoms with Gasteiger partial charge in [-0.15, -0.1) is 0 Å². The van der Waals surface area contributed by atoms with Crippen molar-refractivity contribution in [1.29, 1.82) is 0 Å².